The van der Waals surface area contributed by atoms with Crippen molar-refractivity contribution in [1.29, 1.82) is 0 Å². The van der Waals surface area contributed by atoms with Crippen LogP contribution in [0.1, 0.15) is 59.3 Å². The van der Waals surface area contributed by atoms with E-state index >= 15 is 0 Å². The summed E-state index contributed by atoms with van der Waals surface area (Å²) in [6.07, 6.45) is 7.26. The van der Waals surface area contributed by atoms with Crippen LogP contribution in [0, 0.1) is 13.8 Å². The van der Waals surface area contributed by atoms with Gasteiger partial charge in [-0.05, 0) is 108 Å². The average molecular weight is 500 g/mol. The van der Waals surface area contributed by atoms with Crippen LogP contribution in [0.15, 0.2) is 10.5 Å². The first-order valence-corrected chi connectivity index (χ1v) is 14.0. The van der Waals surface area contributed by atoms with Gasteiger partial charge in [0.05, 0.1) is 23.1 Å². The number of rotatable bonds is 5. The standard InChI is InChI=1S/C25H36N6O3S/c1-16-24(17(2)30(4)27-16)31(20-11-13-29(3)14-12-20)35(33,34)28-25(32)26-23-21-9-5-7-18(21)15-19-8-6-10-22(19)23/h15,20H,5-14H2,1-4H3,(H2,26,28,32)/p-1. The lowest BCUT2D eigenvalue weighted by Crippen LogP contribution is -2.47. The van der Waals surface area contributed by atoms with Crippen LogP contribution in [0.25, 0.3) is 0 Å². The van der Waals surface area contributed by atoms with Crippen molar-refractivity contribution in [3.8, 4) is 0 Å². The SMILES string of the molecule is Cc1nn(C)c(C)c1N(C1CCN(C)CC1)S(=O)(=O)/N=C(\[O-])Nc1c2c(cc3c1CCC3)CCC2. The van der Waals surface area contributed by atoms with Crippen LogP contribution in [0.2, 0.25) is 0 Å². The molecule has 2 aromatic rings. The Morgan fingerprint density at radius 3 is 2.23 bits per heavy atom. The molecule has 0 saturated carbocycles. The van der Waals surface area contributed by atoms with Crippen molar-refractivity contribution < 1.29 is 13.5 Å². The van der Waals surface area contributed by atoms with Crippen LogP contribution in [-0.4, -0.2) is 55.3 Å². The second kappa shape index (κ2) is 9.13. The zero-order valence-corrected chi connectivity index (χ0v) is 21.9. The number of hydrogen-bond donors (Lipinski definition) is 1. The summed E-state index contributed by atoms with van der Waals surface area (Å²) in [7, 11) is -0.468. The highest BCUT2D eigenvalue weighted by molar-refractivity contribution is 7.91. The Bertz CT molecular complexity index is 1240. The number of likely N-dealkylation sites (tertiary alicyclic amines) is 1. The van der Waals surface area contributed by atoms with Crippen molar-refractivity contribution in [2.45, 2.75) is 71.3 Å². The van der Waals surface area contributed by atoms with Gasteiger partial charge in [-0.3, -0.25) is 4.68 Å². The average Bonchev–Trinajstić information content (AvgIpc) is 3.51. The first-order chi connectivity index (χ1) is 16.7. The van der Waals surface area contributed by atoms with Gasteiger partial charge in [0.25, 0.3) is 0 Å². The van der Waals surface area contributed by atoms with E-state index in [4.69, 9.17) is 0 Å². The lowest BCUT2D eigenvalue weighted by atomic mass is 9.99. The van der Waals surface area contributed by atoms with Gasteiger partial charge in [0.1, 0.15) is 0 Å². The van der Waals surface area contributed by atoms with Crippen LogP contribution >= 0.6 is 0 Å². The maximum atomic E-state index is 13.7. The van der Waals surface area contributed by atoms with Gasteiger partial charge in [0, 0.05) is 18.8 Å². The fraction of sp³-hybridized carbons (Fsp3) is 0.600. The fourth-order valence-corrected chi connectivity index (χ4v) is 7.47. The summed E-state index contributed by atoms with van der Waals surface area (Å²) in [6.45, 7) is 5.22. The minimum Gasteiger partial charge on any atom is -0.845 e. The number of amidine groups is 1. The van der Waals surface area contributed by atoms with E-state index < -0.39 is 16.2 Å². The van der Waals surface area contributed by atoms with Crippen LogP contribution in [0.5, 0.6) is 0 Å². The van der Waals surface area contributed by atoms with E-state index in [1.807, 2.05) is 14.0 Å². The molecule has 2 aliphatic carbocycles. The van der Waals surface area contributed by atoms with Gasteiger partial charge in [-0.15, -0.1) is 4.40 Å². The Balaban J connectivity index is 1.52. The molecule has 0 bridgehead atoms. The van der Waals surface area contributed by atoms with Gasteiger partial charge in [-0.25, -0.2) is 4.31 Å². The Labute approximate surface area is 208 Å². The van der Waals surface area contributed by atoms with Crippen molar-refractivity contribution in [3.63, 3.8) is 0 Å². The van der Waals surface area contributed by atoms with Crippen molar-refractivity contribution in [3.05, 3.63) is 39.7 Å². The number of piperidine rings is 1. The van der Waals surface area contributed by atoms with Crippen molar-refractivity contribution in [2.24, 2.45) is 11.4 Å². The molecule has 1 aromatic heterocycles. The molecule has 9 nitrogen and oxygen atoms in total. The van der Waals surface area contributed by atoms with Gasteiger partial charge in [-0.1, -0.05) is 6.07 Å². The van der Waals surface area contributed by atoms with Gasteiger partial charge in [-0.2, -0.15) is 13.5 Å². The third-order valence-corrected chi connectivity index (χ3v) is 9.24. The number of nitrogens with zero attached hydrogens (tertiary/aromatic N) is 5. The smallest absolute Gasteiger partial charge is 0.345 e. The number of aryl methyl sites for hydroxylation is 4. The normalized spacial score (nSPS) is 19.1. The number of anilines is 2. The van der Waals surface area contributed by atoms with E-state index in [1.54, 1.807) is 18.7 Å². The molecule has 1 N–H and O–H groups in total. The second-order valence-electron chi connectivity index (χ2n) is 10.2. The van der Waals surface area contributed by atoms with E-state index in [0.717, 1.165) is 74.1 Å². The predicted molar refractivity (Wildman–Crippen MR) is 136 cm³/mol. The summed E-state index contributed by atoms with van der Waals surface area (Å²) in [5.74, 6) is 0. The number of benzene rings is 1. The van der Waals surface area contributed by atoms with E-state index in [1.165, 1.54) is 15.4 Å². The van der Waals surface area contributed by atoms with E-state index in [0.29, 0.717) is 24.2 Å². The molecular weight excluding hydrogens is 464 g/mol. The molecule has 0 radical (unpaired) electrons. The highest BCUT2D eigenvalue weighted by atomic mass is 32.2. The molecular formula is C25H35N6O3S-. The molecule has 2 heterocycles. The summed E-state index contributed by atoms with van der Waals surface area (Å²) in [6, 6.07) is 1.18. The van der Waals surface area contributed by atoms with E-state index in [9.17, 15) is 13.5 Å². The number of hydrogen-bond acceptors (Lipinski definition) is 5. The largest absolute Gasteiger partial charge is 0.845 e. The molecule has 1 aliphatic heterocycles. The third kappa shape index (κ3) is 4.42. The molecule has 5 rings (SSSR count). The molecule has 3 aliphatic rings. The fourth-order valence-electron chi connectivity index (χ4n) is 6.04. The summed E-state index contributed by atoms with van der Waals surface area (Å²) in [5, 5.41) is 20.5. The minimum absolute atomic E-state index is 0.278. The lowest BCUT2D eigenvalue weighted by Gasteiger charge is -2.37. The molecule has 190 valence electrons. The lowest BCUT2D eigenvalue weighted by molar-refractivity contribution is -0.213. The topological polar surface area (TPSA) is 106 Å². The Hall–Kier alpha value is -2.59. The van der Waals surface area contributed by atoms with Crippen LogP contribution in [0.3, 0.4) is 0 Å². The molecule has 0 unspecified atom stereocenters. The Morgan fingerprint density at radius 2 is 1.69 bits per heavy atom. The first-order valence-electron chi connectivity index (χ1n) is 12.6. The van der Waals surface area contributed by atoms with Gasteiger partial charge in [0.15, 0.2) is 0 Å². The monoisotopic (exact) mass is 499 g/mol. The van der Waals surface area contributed by atoms with Crippen molar-refractivity contribution in [2.75, 3.05) is 29.8 Å². The summed E-state index contributed by atoms with van der Waals surface area (Å²) >= 11 is 0. The molecule has 0 amide bonds. The highest BCUT2D eigenvalue weighted by Crippen LogP contribution is 2.39. The Kier molecular flexibility index (Phi) is 6.29. The summed E-state index contributed by atoms with van der Waals surface area (Å²) < 4.78 is 34.3. The third-order valence-electron chi connectivity index (χ3n) is 7.86. The molecule has 0 spiro atoms. The van der Waals surface area contributed by atoms with Gasteiger partial charge in [0.2, 0.25) is 0 Å². The number of aromatic nitrogens is 2. The molecule has 10 heteroatoms. The zero-order chi connectivity index (χ0) is 24.9. The summed E-state index contributed by atoms with van der Waals surface area (Å²) in [4.78, 5) is 2.19. The molecule has 1 aromatic carbocycles. The Morgan fingerprint density at radius 1 is 1.09 bits per heavy atom. The van der Waals surface area contributed by atoms with Crippen LogP contribution in [-0.2, 0) is 42.9 Å². The quantitative estimate of drug-likeness (QED) is 0.498. The number of nitrogens with one attached hydrogen (secondary N) is 1. The van der Waals surface area contributed by atoms with Crippen molar-refractivity contribution >= 4 is 27.6 Å². The molecule has 35 heavy (non-hydrogen) atoms. The van der Waals surface area contributed by atoms with Gasteiger partial charge < -0.3 is 15.3 Å². The van der Waals surface area contributed by atoms with Gasteiger partial charge >= 0.3 is 10.2 Å². The van der Waals surface area contributed by atoms with Crippen molar-refractivity contribution in [1.82, 2.24) is 14.7 Å². The minimum atomic E-state index is -4.30. The first kappa shape index (κ1) is 24.1. The predicted octanol–water partition coefficient (Wildman–Crippen LogP) is 1.99. The molecule has 1 saturated heterocycles. The molecule has 1 fully saturated rings. The number of fused-ring (bicyclic) bond motifs is 2. The molecule has 0 atom stereocenters. The van der Waals surface area contributed by atoms with Crippen LogP contribution < -0.4 is 14.7 Å². The van der Waals surface area contributed by atoms with E-state index in [-0.39, 0.29) is 6.04 Å². The summed E-state index contributed by atoms with van der Waals surface area (Å²) in [5.41, 5.74) is 7.53. The van der Waals surface area contributed by atoms with E-state index in [2.05, 4.69) is 25.8 Å². The second-order valence-corrected chi connectivity index (χ2v) is 11.7. The zero-order valence-electron chi connectivity index (χ0n) is 21.1. The highest BCUT2D eigenvalue weighted by Gasteiger charge is 2.35. The maximum absolute atomic E-state index is 13.7. The van der Waals surface area contributed by atoms with Crippen LogP contribution in [0.4, 0.5) is 11.4 Å². The maximum Gasteiger partial charge on any atom is 0.345 e.